The van der Waals surface area contributed by atoms with Gasteiger partial charge in [-0.05, 0) is 31.0 Å². The van der Waals surface area contributed by atoms with Gasteiger partial charge in [0.05, 0.1) is 0 Å². The minimum atomic E-state index is -0.707. The molecule has 0 spiro atoms. The first kappa shape index (κ1) is 20.3. The van der Waals surface area contributed by atoms with Gasteiger partial charge in [-0.15, -0.1) is 0 Å². The third-order valence-corrected chi connectivity index (χ3v) is 3.92. The highest BCUT2D eigenvalue weighted by atomic mass is 35.5. The van der Waals surface area contributed by atoms with Crippen molar-refractivity contribution in [1.82, 2.24) is 5.32 Å². The molecule has 0 aliphatic heterocycles. The number of carbonyl (C=O) groups is 2. The molecule has 0 unspecified atom stereocenters. The van der Waals surface area contributed by atoms with Crippen LogP contribution in [0, 0.1) is 0 Å². The smallest absolute Gasteiger partial charge is 0.319 e. The zero-order chi connectivity index (χ0) is 17.6. The van der Waals surface area contributed by atoms with Crippen LogP contribution in [0.25, 0.3) is 0 Å². The van der Waals surface area contributed by atoms with Crippen LogP contribution in [-0.2, 0) is 4.79 Å². The molecule has 2 amide bonds. The summed E-state index contributed by atoms with van der Waals surface area (Å²) in [7, 11) is 0. The van der Waals surface area contributed by atoms with Gasteiger partial charge < -0.3 is 15.7 Å². The molecule has 0 saturated heterocycles. The molecule has 3 N–H and O–H groups in total. The van der Waals surface area contributed by atoms with Crippen molar-refractivity contribution in [2.75, 3.05) is 11.9 Å². The van der Waals surface area contributed by atoms with Crippen molar-refractivity contribution in [2.45, 2.75) is 57.8 Å². The van der Waals surface area contributed by atoms with Crippen molar-refractivity contribution in [3.8, 4) is 0 Å². The fourth-order valence-electron chi connectivity index (χ4n) is 2.41. The molecular formula is C18H27ClN2O3. The van der Waals surface area contributed by atoms with Gasteiger partial charge in [-0.3, -0.25) is 4.79 Å². The Morgan fingerprint density at radius 2 is 1.58 bits per heavy atom. The van der Waals surface area contributed by atoms with Crippen molar-refractivity contribution in [3.05, 3.63) is 29.3 Å². The van der Waals surface area contributed by atoms with Crippen LogP contribution in [0.4, 0.5) is 10.5 Å². The molecule has 1 aromatic carbocycles. The minimum Gasteiger partial charge on any atom is -0.481 e. The number of nitrogens with one attached hydrogen (secondary N) is 2. The Morgan fingerprint density at radius 3 is 2.21 bits per heavy atom. The standard InChI is InChI=1S/C18H27ClN2O3/c19-15-10-9-11-16(14-15)21-18(24)20-13-8-6-4-2-1-3-5-7-12-17(22)23/h9-11,14H,1-8,12-13H2,(H,22,23)(H2,20,21,24). The van der Waals surface area contributed by atoms with E-state index in [4.69, 9.17) is 16.7 Å². The van der Waals surface area contributed by atoms with Crippen molar-refractivity contribution in [3.63, 3.8) is 0 Å². The molecule has 24 heavy (non-hydrogen) atoms. The van der Waals surface area contributed by atoms with Crippen LogP contribution in [-0.4, -0.2) is 23.7 Å². The van der Waals surface area contributed by atoms with Gasteiger partial charge in [0.25, 0.3) is 0 Å². The molecule has 134 valence electrons. The van der Waals surface area contributed by atoms with E-state index in [1.54, 1.807) is 24.3 Å². The number of rotatable bonds is 12. The highest BCUT2D eigenvalue weighted by molar-refractivity contribution is 6.30. The van der Waals surface area contributed by atoms with Crippen LogP contribution in [0.15, 0.2) is 24.3 Å². The quantitative estimate of drug-likeness (QED) is 0.459. The Bertz CT molecular complexity index is 509. The van der Waals surface area contributed by atoms with E-state index in [0.29, 0.717) is 17.3 Å². The summed E-state index contributed by atoms with van der Waals surface area (Å²) in [5.74, 6) is -0.707. The summed E-state index contributed by atoms with van der Waals surface area (Å²) < 4.78 is 0. The van der Waals surface area contributed by atoms with Gasteiger partial charge in [-0.25, -0.2) is 4.79 Å². The molecule has 5 nitrogen and oxygen atoms in total. The third-order valence-electron chi connectivity index (χ3n) is 3.69. The highest BCUT2D eigenvalue weighted by Gasteiger charge is 2.01. The maximum atomic E-state index is 11.7. The van der Waals surface area contributed by atoms with Crippen LogP contribution in [0.2, 0.25) is 5.02 Å². The molecule has 0 atom stereocenters. The van der Waals surface area contributed by atoms with Gasteiger partial charge in [-0.1, -0.05) is 56.2 Å². The monoisotopic (exact) mass is 354 g/mol. The summed E-state index contributed by atoms with van der Waals surface area (Å²) in [6.07, 6.45) is 8.68. The minimum absolute atomic E-state index is 0.212. The molecule has 0 aromatic heterocycles. The van der Waals surface area contributed by atoms with Crippen LogP contribution < -0.4 is 10.6 Å². The maximum Gasteiger partial charge on any atom is 0.319 e. The molecule has 0 aliphatic rings. The third kappa shape index (κ3) is 10.9. The Kier molecular flexibility index (Phi) is 10.7. The number of carboxylic acids is 1. The molecule has 1 rings (SSSR count). The molecule has 0 radical (unpaired) electrons. The van der Waals surface area contributed by atoms with E-state index in [-0.39, 0.29) is 12.5 Å². The summed E-state index contributed by atoms with van der Waals surface area (Å²) in [6, 6.07) is 6.84. The number of unbranched alkanes of at least 4 members (excludes halogenated alkanes) is 7. The van der Waals surface area contributed by atoms with Gasteiger partial charge in [0.15, 0.2) is 0 Å². The number of anilines is 1. The van der Waals surface area contributed by atoms with Gasteiger partial charge in [-0.2, -0.15) is 0 Å². The lowest BCUT2D eigenvalue weighted by Crippen LogP contribution is -2.29. The first-order valence-corrected chi connectivity index (χ1v) is 8.98. The second-order valence-electron chi connectivity index (χ2n) is 5.86. The van der Waals surface area contributed by atoms with Gasteiger partial charge >= 0.3 is 12.0 Å². The number of benzene rings is 1. The lowest BCUT2D eigenvalue weighted by Gasteiger charge is -2.08. The molecule has 0 saturated carbocycles. The number of amides is 2. The second kappa shape index (κ2) is 12.6. The lowest BCUT2D eigenvalue weighted by molar-refractivity contribution is -0.137. The number of carboxylic acid groups (broad SMARTS) is 1. The first-order valence-electron chi connectivity index (χ1n) is 8.60. The van der Waals surface area contributed by atoms with Crippen molar-refractivity contribution < 1.29 is 14.7 Å². The highest BCUT2D eigenvalue weighted by Crippen LogP contribution is 2.14. The Balaban J connectivity index is 1.91. The van der Waals surface area contributed by atoms with E-state index < -0.39 is 5.97 Å². The SMILES string of the molecule is O=C(O)CCCCCCCCCCNC(=O)Nc1cccc(Cl)c1. The predicted molar refractivity (Wildman–Crippen MR) is 97.7 cm³/mol. The molecule has 0 heterocycles. The van der Waals surface area contributed by atoms with E-state index in [2.05, 4.69) is 10.6 Å². The molecule has 6 heteroatoms. The summed E-state index contributed by atoms with van der Waals surface area (Å²) in [5, 5.41) is 14.7. The number of hydrogen-bond acceptors (Lipinski definition) is 2. The zero-order valence-corrected chi connectivity index (χ0v) is 14.8. The number of aliphatic carboxylic acids is 1. The van der Waals surface area contributed by atoms with Gasteiger partial charge in [0, 0.05) is 23.7 Å². The van der Waals surface area contributed by atoms with Crippen molar-refractivity contribution >= 4 is 29.3 Å². The summed E-state index contributed by atoms with van der Waals surface area (Å²) in [4.78, 5) is 22.1. The second-order valence-corrected chi connectivity index (χ2v) is 6.30. The van der Waals surface area contributed by atoms with E-state index in [1.807, 2.05) is 0 Å². The predicted octanol–water partition coefficient (Wildman–Crippen LogP) is 5.06. The van der Waals surface area contributed by atoms with Crippen LogP contribution >= 0.6 is 11.6 Å². The topological polar surface area (TPSA) is 78.4 Å². The molecule has 0 aliphatic carbocycles. The fourth-order valence-corrected chi connectivity index (χ4v) is 2.60. The normalized spacial score (nSPS) is 10.4. The van der Waals surface area contributed by atoms with E-state index in [9.17, 15) is 9.59 Å². The first-order chi connectivity index (χ1) is 11.6. The number of hydrogen-bond donors (Lipinski definition) is 3. The Labute approximate surface area is 148 Å². The molecule has 0 bridgehead atoms. The summed E-state index contributed by atoms with van der Waals surface area (Å²) in [5.41, 5.74) is 0.683. The van der Waals surface area contributed by atoms with Gasteiger partial charge in [0.2, 0.25) is 0 Å². The maximum absolute atomic E-state index is 11.7. The Hall–Kier alpha value is -1.75. The van der Waals surface area contributed by atoms with E-state index in [1.165, 1.54) is 6.42 Å². The lowest BCUT2D eigenvalue weighted by atomic mass is 10.1. The van der Waals surface area contributed by atoms with Gasteiger partial charge in [0.1, 0.15) is 0 Å². The van der Waals surface area contributed by atoms with Crippen molar-refractivity contribution in [2.24, 2.45) is 0 Å². The van der Waals surface area contributed by atoms with Crippen molar-refractivity contribution in [1.29, 1.82) is 0 Å². The summed E-state index contributed by atoms with van der Waals surface area (Å²) in [6.45, 7) is 0.658. The fraction of sp³-hybridized carbons (Fsp3) is 0.556. The largest absolute Gasteiger partial charge is 0.481 e. The Morgan fingerprint density at radius 1 is 0.958 bits per heavy atom. The van der Waals surface area contributed by atoms with Crippen LogP contribution in [0.5, 0.6) is 0 Å². The number of carbonyl (C=O) groups excluding carboxylic acids is 1. The van der Waals surface area contributed by atoms with Crippen LogP contribution in [0.3, 0.4) is 0 Å². The molecule has 1 aromatic rings. The van der Waals surface area contributed by atoms with E-state index in [0.717, 1.165) is 44.9 Å². The average Bonchev–Trinajstić information content (AvgIpc) is 2.52. The summed E-state index contributed by atoms with van der Waals surface area (Å²) >= 11 is 5.86. The number of urea groups is 1. The van der Waals surface area contributed by atoms with Crippen LogP contribution in [0.1, 0.15) is 57.8 Å². The number of halogens is 1. The van der Waals surface area contributed by atoms with E-state index >= 15 is 0 Å². The molecule has 0 fully saturated rings. The average molecular weight is 355 g/mol. The molecular weight excluding hydrogens is 328 g/mol. The zero-order valence-electron chi connectivity index (χ0n) is 14.0.